The zero-order valence-corrected chi connectivity index (χ0v) is 18.0. The molecule has 6 nitrogen and oxygen atoms in total. The van der Waals surface area contributed by atoms with Crippen LogP contribution in [0.15, 0.2) is 82.1 Å². The predicted molar refractivity (Wildman–Crippen MR) is 120 cm³/mol. The molecule has 0 atom stereocenters. The molecule has 1 amide bonds. The van der Waals surface area contributed by atoms with Crippen LogP contribution < -0.4 is 5.32 Å². The summed E-state index contributed by atoms with van der Waals surface area (Å²) in [5, 5.41) is 2.84. The van der Waals surface area contributed by atoms with Gasteiger partial charge in [0.05, 0.1) is 10.6 Å². The van der Waals surface area contributed by atoms with Crippen molar-refractivity contribution in [3.05, 3.63) is 89.8 Å². The zero-order chi connectivity index (χ0) is 22.0. The van der Waals surface area contributed by atoms with Crippen LogP contribution >= 0.6 is 0 Å². The van der Waals surface area contributed by atoms with Gasteiger partial charge in [-0.25, -0.2) is 13.4 Å². The third-order valence-electron chi connectivity index (χ3n) is 4.80. The summed E-state index contributed by atoms with van der Waals surface area (Å²) in [5.74, 6) is 0.304. The number of nitrogens with one attached hydrogen (secondary N) is 1. The maximum absolute atomic E-state index is 12.7. The van der Waals surface area contributed by atoms with Crippen molar-refractivity contribution in [1.29, 1.82) is 0 Å². The Labute approximate surface area is 180 Å². The molecule has 0 saturated heterocycles. The highest BCUT2D eigenvalue weighted by atomic mass is 32.2. The first-order chi connectivity index (χ1) is 14.8. The number of hydrogen-bond acceptors (Lipinski definition) is 5. The zero-order valence-electron chi connectivity index (χ0n) is 17.2. The fourth-order valence-corrected chi connectivity index (χ4v) is 4.56. The number of hydrogen-bond donors (Lipinski definition) is 1. The summed E-state index contributed by atoms with van der Waals surface area (Å²) in [6.07, 6.45) is 0. The van der Waals surface area contributed by atoms with Crippen molar-refractivity contribution in [2.75, 3.05) is 5.32 Å². The Morgan fingerprint density at radius 1 is 1.00 bits per heavy atom. The summed E-state index contributed by atoms with van der Waals surface area (Å²) in [6.45, 7) is 4.00. The summed E-state index contributed by atoms with van der Waals surface area (Å²) >= 11 is 0. The monoisotopic (exact) mass is 434 g/mol. The van der Waals surface area contributed by atoms with Gasteiger partial charge in [-0.15, -0.1) is 0 Å². The molecule has 0 saturated carbocycles. The average molecular weight is 435 g/mol. The molecule has 0 aliphatic heterocycles. The molecule has 0 spiro atoms. The van der Waals surface area contributed by atoms with Crippen molar-refractivity contribution in [2.45, 2.75) is 30.4 Å². The molecule has 4 aromatic rings. The smallest absolute Gasteiger partial charge is 0.255 e. The second-order valence-electron chi connectivity index (χ2n) is 7.62. The Morgan fingerprint density at radius 3 is 2.52 bits per heavy atom. The highest BCUT2D eigenvalue weighted by Gasteiger charge is 2.16. The summed E-state index contributed by atoms with van der Waals surface area (Å²) in [4.78, 5) is 17.5. The number of fused-ring (bicyclic) bond motifs is 1. The van der Waals surface area contributed by atoms with Crippen LogP contribution in [-0.2, 0) is 15.6 Å². The molecule has 158 valence electrons. The van der Waals surface area contributed by atoms with Gasteiger partial charge < -0.3 is 9.73 Å². The molecule has 0 aliphatic rings. The van der Waals surface area contributed by atoms with E-state index in [1.54, 1.807) is 72.8 Å². The predicted octanol–water partition coefficient (Wildman–Crippen LogP) is 5.18. The van der Waals surface area contributed by atoms with E-state index in [1.807, 2.05) is 13.8 Å². The van der Waals surface area contributed by atoms with E-state index in [2.05, 4.69) is 10.3 Å². The molecular formula is C24H22N2O4S. The van der Waals surface area contributed by atoms with Crippen LogP contribution in [0.2, 0.25) is 0 Å². The van der Waals surface area contributed by atoms with Crippen molar-refractivity contribution >= 4 is 32.5 Å². The van der Waals surface area contributed by atoms with Crippen molar-refractivity contribution in [2.24, 2.45) is 0 Å². The number of carbonyl (C=O) groups is 1. The Kier molecular flexibility index (Phi) is 5.61. The lowest BCUT2D eigenvalue weighted by molar-refractivity contribution is 0.102. The van der Waals surface area contributed by atoms with Gasteiger partial charge >= 0.3 is 0 Å². The van der Waals surface area contributed by atoms with Crippen molar-refractivity contribution in [3.8, 4) is 0 Å². The molecule has 3 aromatic carbocycles. The fourth-order valence-electron chi connectivity index (χ4n) is 3.21. The van der Waals surface area contributed by atoms with Gasteiger partial charge in [-0.2, -0.15) is 0 Å². The lowest BCUT2D eigenvalue weighted by atomic mass is 10.1. The average Bonchev–Trinajstić information content (AvgIpc) is 3.18. The molecule has 4 rings (SSSR count). The fraction of sp³-hybridized carbons (Fsp3) is 0.167. The summed E-state index contributed by atoms with van der Waals surface area (Å²) < 4.78 is 31.0. The molecule has 0 bridgehead atoms. The van der Waals surface area contributed by atoms with Gasteiger partial charge in [0.25, 0.3) is 5.91 Å². The van der Waals surface area contributed by atoms with Gasteiger partial charge in [0.15, 0.2) is 21.3 Å². The Hall–Kier alpha value is -3.45. The third kappa shape index (κ3) is 4.67. The Balaban J connectivity index is 1.52. The second-order valence-corrected chi connectivity index (χ2v) is 9.61. The maximum Gasteiger partial charge on any atom is 0.255 e. The molecule has 1 N–H and O–H groups in total. The first-order valence-corrected chi connectivity index (χ1v) is 11.6. The number of rotatable bonds is 6. The Bertz CT molecular complexity index is 1340. The van der Waals surface area contributed by atoms with E-state index in [1.165, 1.54) is 0 Å². The highest BCUT2D eigenvalue weighted by Crippen LogP contribution is 2.24. The van der Waals surface area contributed by atoms with Crippen LogP contribution in [0.5, 0.6) is 0 Å². The van der Waals surface area contributed by atoms with E-state index in [4.69, 9.17) is 4.42 Å². The first kappa shape index (κ1) is 20.8. The van der Waals surface area contributed by atoms with Crippen molar-refractivity contribution < 1.29 is 17.6 Å². The topological polar surface area (TPSA) is 89.3 Å². The van der Waals surface area contributed by atoms with Crippen LogP contribution in [0.3, 0.4) is 0 Å². The maximum atomic E-state index is 12.7. The number of nitrogens with zero attached hydrogens (tertiary/aromatic N) is 1. The molecule has 0 aliphatic carbocycles. The molecule has 1 aromatic heterocycles. The first-order valence-electron chi connectivity index (χ1n) is 9.90. The minimum atomic E-state index is -3.49. The minimum Gasteiger partial charge on any atom is -0.440 e. The molecule has 7 heteroatoms. The lowest BCUT2D eigenvalue weighted by Gasteiger charge is -2.08. The lowest BCUT2D eigenvalue weighted by Crippen LogP contribution is -2.12. The van der Waals surface area contributed by atoms with E-state index in [0.29, 0.717) is 33.8 Å². The molecule has 0 unspecified atom stereocenters. The normalized spacial score (nSPS) is 11.7. The van der Waals surface area contributed by atoms with Gasteiger partial charge in [0, 0.05) is 17.2 Å². The summed E-state index contributed by atoms with van der Waals surface area (Å²) in [5.41, 5.74) is 2.84. The standard InChI is InChI=1S/C24H22N2O4S/c1-16(2)24-26-21-14-19(11-12-22(21)30-24)25-23(27)18-8-6-7-17(13-18)15-31(28,29)20-9-4-3-5-10-20/h3-14,16H,15H2,1-2H3,(H,25,27). The van der Waals surface area contributed by atoms with Gasteiger partial charge in [-0.1, -0.05) is 44.2 Å². The van der Waals surface area contributed by atoms with E-state index >= 15 is 0 Å². The second kappa shape index (κ2) is 8.35. The van der Waals surface area contributed by atoms with Crippen molar-refractivity contribution in [3.63, 3.8) is 0 Å². The number of carbonyl (C=O) groups excluding carboxylic acids is 1. The number of sulfone groups is 1. The van der Waals surface area contributed by atoms with E-state index in [0.717, 1.165) is 0 Å². The molecule has 31 heavy (non-hydrogen) atoms. The summed E-state index contributed by atoms with van der Waals surface area (Å²) in [6, 6.07) is 20.2. The number of anilines is 1. The third-order valence-corrected chi connectivity index (χ3v) is 6.51. The van der Waals surface area contributed by atoms with Crippen LogP contribution in [0, 0.1) is 0 Å². The van der Waals surface area contributed by atoms with Crippen molar-refractivity contribution in [1.82, 2.24) is 4.98 Å². The number of aromatic nitrogens is 1. The molecule has 0 radical (unpaired) electrons. The van der Waals surface area contributed by atoms with Crippen LogP contribution in [0.4, 0.5) is 5.69 Å². The van der Waals surface area contributed by atoms with Crippen LogP contribution in [0.1, 0.15) is 41.6 Å². The molecular weight excluding hydrogens is 412 g/mol. The quantitative estimate of drug-likeness (QED) is 0.452. The van der Waals surface area contributed by atoms with Crippen LogP contribution in [0.25, 0.3) is 11.1 Å². The minimum absolute atomic E-state index is 0.167. The largest absolute Gasteiger partial charge is 0.440 e. The van der Waals surface area contributed by atoms with Gasteiger partial charge in [-0.3, -0.25) is 4.79 Å². The molecule has 0 fully saturated rings. The highest BCUT2D eigenvalue weighted by molar-refractivity contribution is 7.90. The van der Waals surface area contributed by atoms with Gasteiger partial charge in [-0.05, 0) is 48.0 Å². The molecule has 1 heterocycles. The van der Waals surface area contributed by atoms with E-state index < -0.39 is 9.84 Å². The number of amides is 1. The van der Waals surface area contributed by atoms with E-state index in [9.17, 15) is 13.2 Å². The SMILES string of the molecule is CC(C)c1nc2cc(NC(=O)c3cccc(CS(=O)(=O)c4ccccc4)c3)ccc2o1. The van der Waals surface area contributed by atoms with Gasteiger partial charge in [0.2, 0.25) is 0 Å². The number of oxazole rings is 1. The Morgan fingerprint density at radius 2 is 1.77 bits per heavy atom. The van der Waals surface area contributed by atoms with Gasteiger partial charge in [0.1, 0.15) is 5.52 Å². The van der Waals surface area contributed by atoms with Crippen LogP contribution in [-0.4, -0.2) is 19.3 Å². The summed E-state index contributed by atoms with van der Waals surface area (Å²) in [7, 11) is -3.49. The number of benzene rings is 3. The van der Waals surface area contributed by atoms with E-state index in [-0.39, 0.29) is 22.5 Å².